The number of hydrogen-bond donors (Lipinski definition) is 1. The number of fused-ring (bicyclic) bond motifs is 2. The fraction of sp³-hybridized carbons (Fsp3) is 0.182. The highest BCUT2D eigenvalue weighted by Crippen LogP contribution is 2.37. The molecule has 0 radical (unpaired) electrons. The summed E-state index contributed by atoms with van der Waals surface area (Å²) in [5.74, 6) is -1.19. The second kappa shape index (κ2) is 8.31. The van der Waals surface area contributed by atoms with Crippen molar-refractivity contribution in [3.63, 3.8) is 0 Å². The summed E-state index contributed by atoms with van der Waals surface area (Å²) in [6.45, 7) is 1.89. The van der Waals surface area contributed by atoms with E-state index in [1.165, 1.54) is 13.0 Å². The summed E-state index contributed by atoms with van der Waals surface area (Å²) in [6, 6.07) is 15.3. The zero-order chi connectivity index (χ0) is 22.0. The molecule has 3 aromatic rings. The third-order valence-corrected chi connectivity index (χ3v) is 4.78. The first kappa shape index (κ1) is 20.1. The Kier molecular flexibility index (Phi) is 5.40. The number of rotatable bonds is 5. The van der Waals surface area contributed by atoms with E-state index in [9.17, 15) is 19.7 Å². The van der Waals surface area contributed by atoms with Crippen LogP contribution in [0.2, 0.25) is 0 Å². The number of ether oxygens (including phenoxy) is 3. The minimum atomic E-state index is -1.20. The number of nitro groups is 1. The largest absolute Gasteiger partial charge is 0.486 e. The van der Waals surface area contributed by atoms with E-state index in [0.29, 0.717) is 5.69 Å². The van der Waals surface area contributed by atoms with Gasteiger partial charge in [0.1, 0.15) is 18.8 Å². The van der Waals surface area contributed by atoms with E-state index in [-0.39, 0.29) is 30.3 Å². The fourth-order valence-corrected chi connectivity index (χ4v) is 3.24. The molecule has 1 unspecified atom stereocenters. The van der Waals surface area contributed by atoms with E-state index in [0.717, 1.165) is 16.8 Å². The number of nitro benzene ring substituents is 1. The molecule has 31 heavy (non-hydrogen) atoms. The molecule has 0 aromatic heterocycles. The van der Waals surface area contributed by atoms with Gasteiger partial charge < -0.3 is 19.5 Å². The Labute approximate surface area is 176 Å². The zero-order valence-corrected chi connectivity index (χ0v) is 16.5. The van der Waals surface area contributed by atoms with E-state index < -0.39 is 28.6 Å². The van der Waals surface area contributed by atoms with Gasteiger partial charge in [-0.05, 0) is 18.4 Å². The van der Waals surface area contributed by atoms with E-state index in [1.54, 1.807) is 12.1 Å². The maximum atomic E-state index is 12.6. The van der Waals surface area contributed by atoms with E-state index in [4.69, 9.17) is 14.2 Å². The van der Waals surface area contributed by atoms with Gasteiger partial charge in [0.2, 0.25) is 0 Å². The molecule has 1 N–H and O–H groups in total. The Bertz CT molecular complexity index is 1190. The Morgan fingerprint density at radius 3 is 2.48 bits per heavy atom. The molecule has 0 saturated carbocycles. The van der Waals surface area contributed by atoms with Crippen LogP contribution in [0.25, 0.3) is 10.8 Å². The quantitative estimate of drug-likeness (QED) is 0.378. The van der Waals surface area contributed by atoms with Crippen LogP contribution in [-0.4, -0.2) is 36.1 Å². The minimum Gasteiger partial charge on any atom is -0.486 e. The second-order valence-corrected chi connectivity index (χ2v) is 6.83. The number of carbonyl (C=O) groups is 2. The molecular formula is C22H18N2O7. The SMILES string of the molecule is CC(OC(=O)c1cc2c(cc1[N+](=O)[O-])OCCO2)C(=O)Nc1cccc2ccccc12. The molecule has 9 heteroatoms. The van der Waals surface area contributed by atoms with Crippen molar-refractivity contribution in [1.29, 1.82) is 0 Å². The highest BCUT2D eigenvalue weighted by molar-refractivity contribution is 6.04. The first-order valence-corrected chi connectivity index (χ1v) is 9.51. The smallest absolute Gasteiger partial charge is 0.346 e. The minimum absolute atomic E-state index is 0.177. The van der Waals surface area contributed by atoms with Crippen molar-refractivity contribution in [2.45, 2.75) is 13.0 Å². The van der Waals surface area contributed by atoms with Gasteiger partial charge in [-0.1, -0.05) is 36.4 Å². The van der Waals surface area contributed by atoms with Gasteiger partial charge in [0.15, 0.2) is 17.6 Å². The number of amides is 1. The molecule has 9 nitrogen and oxygen atoms in total. The molecule has 1 heterocycles. The highest BCUT2D eigenvalue weighted by Gasteiger charge is 2.29. The van der Waals surface area contributed by atoms with Crippen LogP contribution < -0.4 is 14.8 Å². The molecule has 0 bridgehead atoms. The molecule has 1 aliphatic heterocycles. The second-order valence-electron chi connectivity index (χ2n) is 6.83. The Hall–Kier alpha value is -4.14. The van der Waals surface area contributed by atoms with Gasteiger partial charge in [0, 0.05) is 17.1 Å². The summed E-state index contributed by atoms with van der Waals surface area (Å²) in [4.78, 5) is 35.9. The van der Waals surface area contributed by atoms with E-state index in [1.807, 2.05) is 30.3 Å². The van der Waals surface area contributed by atoms with Crippen molar-refractivity contribution in [1.82, 2.24) is 0 Å². The molecule has 0 spiro atoms. The summed E-state index contributed by atoms with van der Waals surface area (Å²) in [6.07, 6.45) is -1.20. The highest BCUT2D eigenvalue weighted by atomic mass is 16.6. The van der Waals surface area contributed by atoms with Crippen LogP contribution in [0.15, 0.2) is 54.6 Å². The summed E-state index contributed by atoms with van der Waals surface area (Å²) in [5, 5.41) is 15.9. The molecule has 3 aromatic carbocycles. The summed E-state index contributed by atoms with van der Waals surface area (Å²) < 4.78 is 15.9. The van der Waals surface area contributed by atoms with Gasteiger partial charge >= 0.3 is 5.97 Å². The van der Waals surface area contributed by atoms with Crippen molar-refractivity contribution >= 4 is 34.0 Å². The lowest BCUT2D eigenvalue weighted by Crippen LogP contribution is -2.30. The molecule has 0 saturated heterocycles. The van der Waals surface area contributed by atoms with Crippen molar-refractivity contribution in [2.24, 2.45) is 0 Å². The van der Waals surface area contributed by atoms with Crippen molar-refractivity contribution in [3.8, 4) is 11.5 Å². The van der Waals surface area contributed by atoms with Crippen molar-refractivity contribution in [2.75, 3.05) is 18.5 Å². The zero-order valence-electron chi connectivity index (χ0n) is 16.5. The summed E-state index contributed by atoms with van der Waals surface area (Å²) in [7, 11) is 0. The average molecular weight is 422 g/mol. The van der Waals surface area contributed by atoms with Crippen LogP contribution in [0.3, 0.4) is 0 Å². The van der Waals surface area contributed by atoms with E-state index >= 15 is 0 Å². The third-order valence-electron chi connectivity index (χ3n) is 4.78. The van der Waals surface area contributed by atoms with Crippen LogP contribution in [0, 0.1) is 10.1 Å². The van der Waals surface area contributed by atoms with Gasteiger partial charge in [-0.15, -0.1) is 0 Å². The van der Waals surface area contributed by atoms with Crippen LogP contribution in [0.4, 0.5) is 11.4 Å². The van der Waals surface area contributed by atoms with Crippen LogP contribution >= 0.6 is 0 Å². The summed E-state index contributed by atoms with van der Waals surface area (Å²) in [5.41, 5.74) is -0.244. The molecule has 0 fully saturated rings. The maximum Gasteiger partial charge on any atom is 0.346 e. The number of nitrogens with one attached hydrogen (secondary N) is 1. The number of nitrogens with zero attached hydrogens (tertiary/aromatic N) is 1. The van der Waals surface area contributed by atoms with Crippen LogP contribution in [0.1, 0.15) is 17.3 Å². The Morgan fingerprint density at radius 2 is 1.74 bits per heavy atom. The lowest BCUT2D eigenvalue weighted by molar-refractivity contribution is -0.385. The molecule has 0 aliphatic carbocycles. The standard InChI is InChI=1S/C22H18N2O7/c1-13(21(25)23-17-8-4-6-14-5-2-3-7-15(14)17)31-22(26)16-11-19-20(30-10-9-29-19)12-18(16)24(27)28/h2-8,11-13H,9-10H2,1H3,(H,23,25). The van der Waals surface area contributed by atoms with Crippen LogP contribution in [-0.2, 0) is 9.53 Å². The molecule has 158 valence electrons. The first-order valence-electron chi connectivity index (χ1n) is 9.51. The van der Waals surface area contributed by atoms with Gasteiger partial charge in [0.25, 0.3) is 11.6 Å². The normalized spacial score (nSPS) is 13.3. The monoisotopic (exact) mass is 422 g/mol. The maximum absolute atomic E-state index is 12.6. The Balaban J connectivity index is 1.53. The number of benzene rings is 3. The number of carbonyl (C=O) groups excluding carboxylic acids is 2. The number of hydrogen-bond acceptors (Lipinski definition) is 7. The molecule has 1 aliphatic rings. The topological polar surface area (TPSA) is 117 Å². The predicted octanol–water partition coefficient (Wildman–Crippen LogP) is 3.70. The average Bonchev–Trinajstić information content (AvgIpc) is 2.78. The van der Waals surface area contributed by atoms with Gasteiger partial charge in [0.05, 0.1) is 11.0 Å². The van der Waals surface area contributed by atoms with Crippen LogP contribution in [0.5, 0.6) is 11.5 Å². The van der Waals surface area contributed by atoms with E-state index in [2.05, 4.69) is 5.32 Å². The predicted molar refractivity (Wildman–Crippen MR) is 112 cm³/mol. The number of anilines is 1. The molecule has 1 atom stereocenters. The first-order chi connectivity index (χ1) is 14.9. The summed E-state index contributed by atoms with van der Waals surface area (Å²) >= 11 is 0. The number of esters is 1. The lowest BCUT2D eigenvalue weighted by Gasteiger charge is -2.19. The van der Waals surface area contributed by atoms with Gasteiger partial charge in [-0.3, -0.25) is 14.9 Å². The fourth-order valence-electron chi connectivity index (χ4n) is 3.24. The van der Waals surface area contributed by atoms with Gasteiger partial charge in [-0.2, -0.15) is 0 Å². The third kappa shape index (κ3) is 4.11. The molecule has 1 amide bonds. The molecule has 4 rings (SSSR count). The molecular weight excluding hydrogens is 404 g/mol. The lowest BCUT2D eigenvalue weighted by atomic mass is 10.1. The van der Waals surface area contributed by atoms with Crippen molar-refractivity contribution in [3.05, 3.63) is 70.3 Å². The van der Waals surface area contributed by atoms with Crippen molar-refractivity contribution < 1.29 is 28.7 Å². The van der Waals surface area contributed by atoms with Gasteiger partial charge in [-0.25, -0.2) is 4.79 Å². The Morgan fingerprint density at radius 1 is 1.06 bits per heavy atom.